The summed E-state index contributed by atoms with van der Waals surface area (Å²) < 4.78 is 31.7. The van der Waals surface area contributed by atoms with Gasteiger partial charge < -0.3 is 10.1 Å². The molecule has 1 amide bonds. The van der Waals surface area contributed by atoms with Gasteiger partial charge in [-0.25, -0.2) is 4.68 Å². The highest BCUT2D eigenvalue weighted by molar-refractivity contribution is 5.94. The van der Waals surface area contributed by atoms with Crippen molar-refractivity contribution in [3.8, 4) is 11.1 Å². The second kappa shape index (κ2) is 7.09. The van der Waals surface area contributed by atoms with Crippen molar-refractivity contribution in [2.24, 2.45) is 0 Å². The molecular formula is C17H19F2N3O2. The van der Waals surface area contributed by atoms with Gasteiger partial charge in [-0.1, -0.05) is 12.1 Å². The molecule has 7 heteroatoms. The van der Waals surface area contributed by atoms with Gasteiger partial charge in [-0.15, -0.1) is 0 Å². The smallest absolute Gasteiger partial charge is 0.333 e. The van der Waals surface area contributed by atoms with Crippen LogP contribution in [0, 0.1) is 6.92 Å². The molecule has 5 nitrogen and oxygen atoms in total. The fourth-order valence-electron chi connectivity index (χ4n) is 2.82. The van der Waals surface area contributed by atoms with Gasteiger partial charge in [0.1, 0.15) is 0 Å². The first kappa shape index (κ1) is 16.6. The summed E-state index contributed by atoms with van der Waals surface area (Å²) in [6.45, 7) is 0.181. The number of amides is 1. The number of nitrogens with zero attached hydrogens (tertiary/aromatic N) is 2. The lowest BCUT2D eigenvalue weighted by atomic mass is 10.0. The Morgan fingerprint density at radius 2 is 2.17 bits per heavy atom. The fourth-order valence-corrected chi connectivity index (χ4v) is 2.82. The first-order valence-electron chi connectivity index (χ1n) is 7.89. The maximum Gasteiger partial charge on any atom is 0.333 e. The zero-order valence-electron chi connectivity index (χ0n) is 13.3. The molecule has 1 aromatic heterocycles. The van der Waals surface area contributed by atoms with Gasteiger partial charge in [-0.3, -0.25) is 4.79 Å². The van der Waals surface area contributed by atoms with E-state index in [2.05, 4.69) is 10.4 Å². The van der Waals surface area contributed by atoms with Crippen LogP contribution in [0.4, 0.5) is 8.78 Å². The predicted octanol–water partition coefficient (Wildman–Crippen LogP) is 3.16. The molecule has 1 saturated heterocycles. The number of halogens is 2. The molecule has 0 spiro atoms. The number of benzene rings is 1. The lowest BCUT2D eigenvalue weighted by molar-refractivity contribution is 0.0545. The number of hydrogen-bond donors (Lipinski definition) is 1. The molecule has 0 saturated carbocycles. The molecule has 3 rings (SSSR count). The van der Waals surface area contributed by atoms with Crippen LogP contribution in [0.1, 0.15) is 35.4 Å². The average molecular weight is 335 g/mol. The van der Waals surface area contributed by atoms with Crippen LogP contribution >= 0.6 is 0 Å². The van der Waals surface area contributed by atoms with Gasteiger partial charge in [0, 0.05) is 30.0 Å². The Labute approximate surface area is 138 Å². The number of carbonyl (C=O) groups excluding carboxylic acids is 1. The normalized spacial score (nSPS) is 17.4. The van der Waals surface area contributed by atoms with Crippen molar-refractivity contribution in [3.63, 3.8) is 0 Å². The summed E-state index contributed by atoms with van der Waals surface area (Å²) in [6.07, 6.45) is 3.50. The Bertz CT molecular complexity index is 707. The maximum absolute atomic E-state index is 12.8. The molecule has 24 heavy (non-hydrogen) atoms. The number of alkyl halides is 2. The van der Waals surface area contributed by atoms with Crippen molar-refractivity contribution in [2.75, 3.05) is 13.2 Å². The number of nitrogens with one attached hydrogen (secondary N) is 1. The Morgan fingerprint density at radius 1 is 1.42 bits per heavy atom. The molecule has 2 heterocycles. The SMILES string of the molecule is Cc1c(-c2ccc(C(=O)NCC3CCCO3)cc2)cnn1C(F)F. The summed E-state index contributed by atoms with van der Waals surface area (Å²) in [6, 6.07) is 6.83. The van der Waals surface area contributed by atoms with E-state index in [0.29, 0.717) is 28.0 Å². The van der Waals surface area contributed by atoms with E-state index in [1.807, 2.05) is 0 Å². The summed E-state index contributed by atoms with van der Waals surface area (Å²) in [5.74, 6) is -0.169. The molecule has 0 radical (unpaired) electrons. The molecule has 1 fully saturated rings. The third-order valence-corrected chi connectivity index (χ3v) is 4.20. The van der Waals surface area contributed by atoms with Gasteiger partial charge in [0.05, 0.1) is 12.3 Å². The second-order valence-corrected chi connectivity index (χ2v) is 5.79. The van der Waals surface area contributed by atoms with Crippen LogP contribution < -0.4 is 5.32 Å². The van der Waals surface area contributed by atoms with Crippen LogP contribution in [-0.2, 0) is 4.74 Å². The number of aromatic nitrogens is 2. The van der Waals surface area contributed by atoms with Crippen molar-refractivity contribution in [1.82, 2.24) is 15.1 Å². The summed E-state index contributed by atoms with van der Waals surface area (Å²) in [4.78, 5) is 12.1. The van der Waals surface area contributed by atoms with Gasteiger partial charge in [-0.05, 0) is 37.5 Å². The van der Waals surface area contributed by atoms with E-state index >= 15 is 0 Å². The minimum Gasteiger partial charge on any atom is -0.376 e. The highest BCUT2D eigenvalue weighted by Gasteiger charge is 2.17. The van der Waals surface area contributed by atoms with Crippen LogP contribution in [0.2, 0.25) is 0 Å². The molecule has 1 aromatic carbocycles. The van der Waals surface area contributed by atoms with E-state index in [-0.39, 0.29) is 12.0 Å². The van der Waals surface area contributed by atoms with Gasteiger partial charge in [-0.2, -0.15) is 13.9 Å². The van der Waals surface area contributed by atoms with Crippen LogP contribution in [0.3, 0.4) is 0 Å². The standard InChI is InChI=1S/C17H19F2N3O2/c1-11-15(10-21-22(11)17(18)19)12-4-6-13(7-5-12)16(23)20-9-14-3-2-8-24-14/h4-7,10,14,17H,2-3,8-9H2,1H3,(H,20,23). The molecule has 1 aliphatic heterocycles. The number of carbonyl (C=O) groups is 1. The highest BCUT2D eigenvalue weighted by Crippen LogP contribution is 2.26. The second-order valence-electron chi connectivity index (χ2n) is 5.79. The third kappa shape index (κ3) is 3.46. The van der Waals surface area contributed by atoms with Crippen LogP contribution in [0.25, 0.3) is 11.1 Å². The Hall–Kier alpha value is -2.28. The number of hydrogen-bond acceptors (Lipinski definition) is 3. The van der Waals surface area contributed by atoms with E-state index in [0.717, 1.165) is 25.0 Å². The average Bonchev–Trinajstić information content (AvgIpc) is 3.22. The maximum atomic E-state index is 12.8. The number of rotatable bonds is 5. The van der Waals surface area contributed by atoms with Crippen molar-refractivity contribution >= 4 is 5.91 Å². The van der Waals surface area contributed by atoms with Gasteiger partial charge in [0.25, 0.3) is 5.91 Å². The fraction of sp³-hybridized carbons (Fsp3) is 0.412. The third-order valence-electron chi connectivity index (χ3n) is 4.20. The summed E-state index contributed by atoms with van der Waals surface area (Å²) in [7, 11) is 0. The van der Waals surface area contributed by atoms with Crippen LogP contribution in [0.5, 0.6) is 0 Å². The lowest BCUT2D eigenvalue weighted by Crippen LogP contribution is -2.31. The lowest BCUT2D eigenvalue weighted by Gasteiger charge is -2.11. The predicted molar refractivity (Wildman–Crippen MR) is 85.0 cm³/mol. The van der Waals surface area contributed by atoms with Crippen LogP contribution in [0.15, 0.2) is 30.5 Å². The van der Waals surface area contributed by atoms with Crippen molar-refractivity contribution < 1.29 is 18.3 Å². The van der Waals surface area contributed by atoms with E-state index in [4.69, 9.17) is 4.74 Å². The zero-order valence-corrected chi connectivity index (χ0v) is 13.3. The summed E-state index contributed by atoms with van der Waals surface area (Å²) in [5, 5.41) is 6.55. The minimum atomic E-state index is -2.67. The van der Waals surface area contributed by atoms with E-state index in [1.165, 1.54) is 6.20 Å². The van der Waals surface area contributed by atoms with Gasteiger partial charge in [0.2, 0.25) is 0 Å². The van der Waals surface area contributed by atoms with Crippen molar-refractivity contribution in [2.45, 2.75) is 32.4 Å². The topological polar surface area (TPSA) is 56.1 Å². The minimum absolute atomic E-state index is 0.0936. The molecule has 1 atom stereocenters. The Balaban J connectivity index is 1.67. The largest absolute Gasteiger partial charge is 0.376 e. The Kier molecular flexibility index (Phi) is 4.89. The van der Waals surface area contributed by atoms with E-state index in [9.17, 15) is 13.6 Å². The molecular weight excluding hydrogens is 316 g/mol. The van der Waals surface area contributed by atoms with Crippen LogP contribution in [-0.4, -0.2) is 34.9 Å². The molecule has 0 aliphatic carbocycles. The zero-order chi connectivity index (χ0) is 17.1. The van der Waals surface area contributed by atoms with E-state index < -0.39 is 6.55 Å². The molecule has 128 valence electrons. The molecule has 1 N–H and O–H groups in total. The van der Waals surface area contributed by atoms with E-state index in [1.54, 1.807) is 31.2 Å². The quantitative estimate of drug-likeness (QED) is 0.913. The first-order valence-corrected chi connectivity index (χ1v) is 7.89. The van der Waals surface area contributed by atoms with Gasteiger partial charge in [0.15, 0.2) is 0 Å². The molecule has 0 bridgehead atoms. The monoisotopic (exact) mass is 335 g/mol. The van der Waals surface area contributed by atoms with Crippen molar-refractivity contribution in [3.05, 3.63) is 41.7 Å². The number of ether oxygens (including phenoxy) is 1. The molecule has 1 aliphatic rings. The summed E-state index contributed by atoms with van der Waals surface area (Å²) >= 11 is 0. The molecule has 1 unspecified atom stereocenters. The van der Waals surface area contributed by atoms with Gasteiger partial charge >= 0.3 is 6.55 Å². The highest BCUT2D eigenvalue weighted by atomic mass is 19.3. The first-order chi connectivity index (χ1) is 11.6. The summed E-state index contributed by atoms with van der Waals surface area (Å²) in [5.41, 5.74) is 2.29. The van der Waals surface area contributed by atoms with Crippen molar-refractivity contribution in [1.29, 1.82) is 0 Å². The Morgan fingerprint density at radius 3 is 2.75 bits per heavy atom. The molecule has 2 aromatic rings.